The lowest BCUT2D eigenvalue weighted by Crippen LogP contribution is -2.09. The van der Waals surface area contributed by atoms with E-state index in [1.165, 1.54) is 0 Å². The SMILES string of the molecule is Cc1cc(Br)ccc1C(O)CCC(C)(C)C. The van der Waals surface area contributed by atoms with E-state index < -0.39 is 0 Å². The highest BCUT2D eigenvalue weighted by Crippen LogP contribution is 2.29. The lowest BCUT2D eigenvalue weighted by molar-refractivity contribution is 0.147. The molecule has 0 saturated heterocycles. The molecule has 0 aliphatic carbocycles. The number of aliphatic hydroxyl groups excluding tert-OH is 1. The van der Waals surface area contributed by atoms with E-state index in [0.717, 1.165) is 28.4 Å². The van der Waals surface area contributed by atoms with Crippen molar-refractivity contribution >= 4 is 15.9 Å². The van der Waals surface area contributed by atoms with Crippen LogP contribution < -0.4 is 0 Å². The second-order valence-corrected chi connectivity index (χ2v) is 6.53. The Morgan fingerprint density at radius 1 is 1.31 bits per heavy atom. The minimum absolute atomic E-state index is 0.282. The van der Waals surface area contributed by atoms with Gasteiger partial charge in [-0.15, -0.1) is 0 Å². The zero-order valence-electron chi connectivity index (χ0n) is 10.5. The Balaban J connectivity index is 2.70. The first kappa shape index (κ1) is 13.7. The third-order valence-corrected chi connectivity index (χ3v) is 3.25. The van der Waals surface area contributed by atoms with Gasteiger partial charge in [-0.3, -0.25) is 0 Å². The smallest absolute Gasteiger partial charge is 0.0792 e. The number of aliphatic hydroxyl groups is 1. The molecule has 0 fully saturated rings. The Morgan fingerprint density at radius 3 is 2.44 bits per heavy atom. The molecule has 0 aliphatic rings. The van der Waals surface area contributed by atoms with Gasteiger partial charge in [-0.2, -0.15) is 0 Å². The molecule has 90 valence electrons. The molecule has 1 unspecified atom stereocenters. The highest BCUT2D eigenvalue weighted by atomic mass is 79.9. The van der Waals surface area contributed by atoms with Crippen molar-refractivity contribution in [2.45, 2.75) is 46.6 Å². The van der Waals surface area contributed by atoms with Gasteiger partial charge in [0.2, 0.25) is 0 Å². The van der Waals surface area contributed by atoms with E-state index in [1.807, 2.05) is 19.1 Å². The zero-order chi connectivity index (χ0) is 12.3. The molecule has 0 spiro atoms. The van der Waals surface area contributed by atoms with Crippen LogP contribution in [-0.4, -0.2) is 5.11 Å². The van der Waals surface area contributed by atoms with Crippen LogP contribution in [0.4, 0.5) is 0 Å². The van der Waals surface area contributed by atoms with Crippen LogP contribution in [0.1, 0.15) is 50.8 Å². The monoisotopic (exact) mass is 284 g/mol. The van der Waals surface area contributed by atoms with Gasteiger partial charge in [-0.25, -0.2) is 0 Å². The Morgan fingerprint density at radius 2 is 1.94 bits per heavy atom. The van der Waals surface area contributed by atoms with Crippen LogP contribution in [0.3, 0.4) is 0 Å². The van der Waals surface area contributed by atoms with Gasteiger partial charge in [0.15, 0.2) is 0 Å². The van der Waals surface area contributed by atoms with Gasteiger partial charge in [-0.05, 0) is 48.4 Å². The first-order valence-corrected chi connectivity index (χ1v) is 6.53. The van der Waals surface area contributed by atoms with Crippen molar-refractivity contribution in [1.29, 1.82) is 0 Å². The Hall–Kier alpha value is -0.340. The molecule has 0 radical (unpaired) electrons. The predicted octanol–water partition coefficient (Wildman–Crippen LogP) is 4.62. The second-order valence-electron chi connectivity index (χ2n) is 5.62. The van der Waals surface area contributed by atoms with Crippen LogP contribution in [-0.2, 0) is 0 Å². The van der Waals surface area contributed by atoms with Crippen LogP contribution >= 0.6 is 15.9 Å². The topological polar surface area (TPSA) is 20.2 Å². The van der Waals surface area contributed by atoms with Crippen molar-refractivity contribution in [3.05, 3.63) is 33.8 Å². The van der Waals surface area contributed by atoms with Gasteiger partial charge >= 0.3 is 0 Å². The molecule has 1 aromatic carbocycles. The van der Waals surface area contributed by atoms with Crippen LogP contribution in [0.15, 0.2) is 22.7 Å². The van der Waals surface area contributed by atoms with E-state index in [2.05, 4.69) is 42.8 Å². The van der Waals surface area contributed by atoms with E-state index in [4.69, 9.17) is 0 Å². The third-order valence-electron chi connectivity index (χ3n) is 2.76. The molecule has 2 heteroatoms. The minimum atomic E-state index is -0.340. The quantitative estimate of drug-likeness (QED) is 0.859. The highest BCUT2D eigenvalue weighted by Gasteiger charge is 2.16. The van der Waals surface area contributed by atoms with E-state index in [0.29, 0.717) is 0 Å². The molecular formula is C14H21BrO. The van der Waals surface area contributed by atoms with Gasteiger partial charge in [0.25, 0.3) is 0 Å². The summed E-state index contributed by atoms with van der Waals surface area (Å²) in [5, 5.41) is 10.1. The molecule has 1 N–H and O–H groups in total. The van der Waals surface area contributed by atoms with Gasteiger partial charge < -0.3 is 5.11 Å². The number of halogens is 1. The van der Waals surface area contributed by atoms with Crippen molar-refractivity contribution in [1.82, 2.24) is 0 Å². The van der Waals surface area contributed by atoms with E-state index in [1.54, 1.807) is 0 Å². The summed E-state index contributed by atoms with van der Waals surface area (Å²) < 4.78 is 1.07. The van der Waals surface area contributed by atoms with Crippen molar-refractivity contribution in [2.75, 3.05) is 0 Å². The standard InChI is InChI=1S/C14H21BrO/c1-10-9-11(15)5-6-12(10)13(16)7-8-14(2,3)4/h5-6,9,13,16H,7-8H2,1-4H3. The second kappa shape index (κ2) is 5.33. The average Bonchev–Trinajstić information content (AvgIpc) is 2.13. The minimum Gasteiger partial charge on any atom is -0.388 e. The maximum Gasteiger partial charge on any atom is 0.0792 e. The van der Waals surface area contributed by atoms with Crippen LogP contribution in [0.25, 0.3) is 0 Å². The molecule has 1 aromatic rings. The Bertz CT molecular complexity index is 352. The van der Waals surface area contributed by atoms with Crippen molar-refractivity contribution in [3.63, 3.8) is 0 Å². The maximum absolute atomic E-state index is 10.1. The van der Waals surface area contributed by atoms with Crippen LogP contribution in [0.2, 0.25) is 0 Å². The Kier molecular flexibility index (Phi) is 4.57. The van der Waals surface area contributed by atoms with Gasteiger partial charge in [0, 0.05) is 4.47 Å². The molecule has 0 saturated carbocycles. The van der Waals surface area contributed by atoms with Crippen molar-refractivity contribution in [2.24, 2.45) is 5.41 Å². The third kappa shape index (κ3) is 4.26. The lowest BCUT2D eigenvalue weighted by Gasteiger charge is -2.21. The normalized spacial score (nSPS) is 13.9. The summed E-state index contributed by atoms with van der Waals surface area (Å²) >= 11 is 3.43. The zero-order valence-corrected chi connectivity index (χ0v) is 12.1. The summed E-state index contributed by atoms with van der Waals surface area (Å²) in [6.07, 6.45) is 1.52. The first-order valence-electron chi connectivity index (χ1n) is 5.74. The van der Waals surface area contributed by atoms with Crippen molar-refractivity contribution in [3.8, 4) is 0 Å². The van der Waals surface area contributed by atoms with E-state index in [-0.39, 0.29) is 11.5 Å². The number of rotatable bonds is 3. The van der Waals surface area contributed by atoms with Crippen molar-refractivity contribution < 1.29 is 5.11 Å². The molecule has 0 heterocycles. The number of hydrogen-bond donors (Lipinski definition) is 1. The average molecular weight is 285 g/mol. The van der Waals surface area contributed by atoms with Gasteiger partial charge in [0.05, 0.1) is 6.10 Å². The summed E-state index contributed by atoms with van der Waals surface area (Å²) in [6, 6.07) is 6.05. The van der Waals surface area contributed by atoms with Crippen LogP contribution in [0, 0.1) is 12.3 Å². The van der Waals surface area contributed by atoms with Crippen LogP contribution in [0.5, 0.6) is 0 Å². The fraction of sp³-hybridized carbons (Fsp3) is 0.571. The number of aryl methyl sites for hydroxylation is 1. The maximum atomic E-state index is 10.1. The molecule has 1 nitrogen and oxygen atoms in total. The molecule has 0 aromatic heterocycles. The molecular weight excluding hydrogens is 264 g/mol. The molecule has 0 bridgehead atoms. The summed E-state index contributed by atoms with van der Waals surface area (Å²) in [5.74, 6) is 0. The first-order chi connectivity index (χ1) is 7.29. The van der Waals surface area contributed by atoms with Gasteiger partial charge in [-0.1, -0.05) is 42.8 Å². The molecule has 1 atom stereocenters. The van der Waals surface area contributed by atoms with E-state index in [9.17, 15) is 5.11 Å². The largest absolute Gasteiger partial charge is 0.388 e. The molecule has 0 aliphatic heterocycles. The Labute approximate surface area is 107 Å². The highest BCUT2D eigenvalue weighted by molar-refractivity contribution is 9.10. The predicted molar refractivity (Wildman–Crippen MR) is 72.5 cm³/mol. The number of benzene rings is 1. The summed E-state index contributed by atoms with van der Waals surface area (Å²) in [6.45, 7) is 8.65. The molecule has 0 amide bonds. The van der Waals surface area contributed by atoms with E-state index >= 15 is 0 Å². The fourth-order valence-corrected chi connectivity index (χ4v) is 2.21. The summed E-state index contributed by atoms with van der Waals surface area (Å²) in [5.41, 5.74) is 2.48. The summed E-state index contributed by atoms with van der Waals surface area (Å²) in [7, 11) is 0. The lowest BCUT2D eigenvalue weighted by atomic mass is 9.87. The fourth-order valence-electron chi connectivity index (χ4n) is 1.74. The van der Waals surface area contributed by atoms with Gasteiger partial charge in [0.1, 0.15) is 0 Å². The molecule has 16 heavy (non-hydrogen) atoms. The number of hydrogen-bond acceptors (Lipinski definition) is 1. The summed E-state index contributed by atoms with van der Waals surface area (Å²) in [4.78, 5) is 0. The molecule has 1 rings (SSSR count).